The number of urea groups is 1. The molecule has 0 bridgehead atoms. The Hall–Kier alpha value is -2.33. The van der Waals surface area contributed by atoms with Crippen LogP contribution < -0.4 is 5.32 Å². The zero-order chi connectivity index (χ0) is 16.1. The van der Waals surface area contributed by atoms with Gasteiger partial charge in [-0.1, -0.05) is 54.1 Å². The fourth-order valence-electron chi connectivity index (χ4n) is 1.64. The topological polar surface area (TPSA) is 49.4 Å². The summed E-state index contributed by atoms with van der Waals surface area (Å²) in [6.07, 6.45) is 0. The van der Waals surface area contributed by atoms with Crippen molar-refractivity contribution in [1.29, 1.82) is 0 Å². The molecule has 0 unspecified atom stereocenters. The zero-order valence-corrected chi connectivity index (χ0v) is 12.1. The van der Waals surface area contributed by atoms with E-state index in [-0.39, 0.29) is 17.1 Å². The molecule has 0 aliphatic rings. The Morgan fingerprint density at radius 3 is 2.43 bits per heavy atom. The van der Waals surface area contributed by atoms with Crippen LogP contribution >= 0.6 is 11.6 Å². The maximum absolute atomic E-state index is 12.2. The molecular weight excluding hydrogens is 288 g/mol. The standard InChI is InChI=1S/C16H14ClN2O2/c1-19(15(20)13-9-5-6-10-14(13)17)16(21)18-11-12-7-3-2-4-8-12/h2-11H,1H3,(H,18,21)/i11D. The van der Waals surface area contributed by atoms with Crippen molar-refractivity contribution in [3.63, 3.8) is 0 Å². The SMILES string of the molecule is [2H][C](NC(=O)N(C)C(=O)c1ccccc1Cl)c1ccccc1. The van der Waals surface area contributed by atoms with Crippen LogP contribution in [-0.4, -0.2) is 23.9 Å². The first-order chi connectivity index (χ1) is 10.5. The number of rotatable bonds is 3. The van der Waals surface area contributed by atoms with Gasteiger partial charge in [0.25, 0.3) is 5.91 Å². The van der Waals surface area contributed by atoms with Gasteiger partial charge in [-0.15, -0.1) is 0 Å². The molecule has 5 heteroatoms. The molecule has 0 aliphatic heterocycles. The van der Waals surface area contributed by atoms with Crippen molar-refractivity contribution in [2.75, 3.05) is 7.05 Å². The van der Waals surface area contributed by atoms with Crippen molar-refractivity contribution in [3.05, 3.63) is 77.3 Å². The predicted octanol–water partition coefficient (Wildman–Crippen LogP) is 3.33. The van der Waals surface area contributed by atoms with Crippen LogP contribution in [0.5, 0.6) is 0 Å². The fraction of sp³-hybridized carbons (Fsp3) is 0.0625. The Morgan fingerprint density at radius 1 is 1.14 bits per heavy atom. The van der Waals surface area contributed by atoms with Gasteiger partial charge in [0.15, 0.2) is 0 Å². The highest BCUT2D eigenvalue weighted by Crippen LogP contribution is 2.16. The van der Waals surface area contributed by atoms with Crippen LogP contribution in [0.15, 0.2) is 54.6 Å². The van der Waals surface area contributed by atoms with Crippen LogP contribution in [0, 0.1) is 6.52 Å². The van der Waals surface area contributed by atoms with E-state index < -0.39 is 11.9 Å². The third kappa shape index (κ3) is 3.83. The Balaban J connectivity index is 2.06. The third-order valence-corrected chi connectivity index (χ3v) is 3.13. The van der Waals surface area contributed by atoms with E-state index in [1.165, 1.54) is 13.1 Å². The minimum absolute atomic E-state index is 0.0793. The molecule has 107 valence electrons. The summed E-state index contributed by atoms with van der Waals surface area (Å²) in [6, 6.07) is 14.5. The quantitative estimate of drug-likeness (QED) is 0.945. The van der Waals surface area contributed by atoms with Gasteiger partial charge in [-0.25, -0.2) is 4.79 Å². The Labute approximate surface area is 129 Å². The molecule has 4 nitrogen and oxygen atoms in total. The summed E-state index contributed by atoms with van der Waals surface area (Å²) in [6.45, 7) is -0.0793. The van der Waals surface area contributed by atoms with Crippen molar-refractivity contribution in [2.24, 2.45) is 0 Å². The van der Waals surface area contributed by atoms with Crippen LogP contribution in [0.2, 0.25) is 5.02 Å². The average Bonchev–Trinajstić information content (AvgIpc) is 2.54. The first-order valence-electron chi connectivity index (χ1n) is 6.73. The molecule has 0 atom stereocenters. The average molecular weight is 303 g/mol. The summed E-state index contributed by atoms with van der Waals surface area (Å²) in [7, 11) is 1.33. The number of hydrogen-bond donors (Lipinski definition) is 1. The van der Waals surface area contributed by atoms with Crippen LogP contribution in [0.3, 0.4) is 0 Å². The van der Waals surface area contributed by atoms with Gasteiger partial charge in [0.2, 0.25) is 0 Å². The number of nitrogens with zero attached hydrogens (tertiary/aromatic N) is 1. The normalized spacial score (nSPS) is 10.9. The van der Waals surface area contributed by atoms with Crippen molar-refractivity contribution >= 4 is 23.5 Å². The third-order valence-electron chi connectivity index (χ3n) is 2.80. The lowest BCUT2D eigenvalue weighted by Gasteiger charge is -2.16. The minimum atomic E-state index is -0.696. The second kappa shape index (κ2) is 6.90. The molecule has 21 heavy (non-hydrogen) atoms. The van der Waals surface area contributed by atoms with E-state index in [0.29, 0.717) is 5.56 Å². The highest BCUT2D eigenvalue weighted by molar-refractivity contribution is 6.34. The van der Waals surface area contributed by atoms with Gasteiger partial charge < -0.3 is 5.32 Å². The molecule has 0 saturated heterocycles. The number of carbonyl (C=O) groups is 2. The van der Waals surface area contributed by atoms with Gasteiger partial charge in [0.1, 0.15) is 0 Å². The van der Waals surface area contributed by atoms with Crippen LogP contribution in [0.1, 0.15) is 17.3 Å². The van der Waals surface area contributed by atoms with Crippen LogP contribution in [-0.2, 0) is 0 Å². The first-order valence-corrected chi connectivity index (χ1v) is 6.61. The number of carbonyl (C=O) groups excluding carboxylic acids is 2. The van der Waals surface area contributed by atoms with Crippen molar-refractivity contribution < 1.29 is 11.0 Å². The van der Waals surface area contributed by atoms with Crippen molar-refractivity contribution in [3.8, 4) is 0 Å². The number of hydrogen-bond acceptors (Lipinski definition) is 2. The van der Waals surface area contributed by atoms with E-state index >= 15 is 0 Å². The van der Waals surface area contributed by atoms with Gasteiger partial charge in [-0.2, -0.15) is 0 Å². The highest BCUT2D eigenvalue weighted by Gasteiger charge is 2.20. The molecule has 2 rings (SSSR count). The molecule has 0 spiro atoms. The second-order valence-electron chi connectivity index (χ2n) is 4.27. The lowest BCUT2D eigenvalue weighted by atomic mass is 10.2. The van der Waals surface area contributed by atoms with E-state index in [9.17, 15) is 9.59 Å². The van der Waals surface area contributed by atoms with E-state index in [1.807, 2.05) is 6.07 Å². The van der Waals surface area contributed by atoms with Crippen molar-refractivity contribution in [1.82, 2.24) is 10.2 Å². The smallest absolute Gasteiger partial charge is 0.324 e. The van der Waals surface area contributed by atoms with Crippen molar-refractivity contribution in [2.45, 2.75) is 0 Å². The Kier molecular flexibility index (Phi) is 4.49. The van der Waals surface area contributed by atoms with Gasteiger partial charge in [0, 0.05) is 7.05 Å². The molecule has 0 aromatic heterocycles. The second-order valence-corrected chi connectivity index (χ2v) is 4.67. The summed E-state index contributed by atoms with van der Waals surface area (Å²) >= 11 is 5.95. The van der Waals surface area contributed by atoms with Gasteiger partial charge >= 0.3 is 6.03 Å². The predicted molar refractivity (Wildman–Crippen MR) is 81.9 cm³/mol. The molecule has 2 aromatic carbocycles. The first kappa shape index (κ1) is 13.6. The highest BCUT2D eigenvalue weighted by atomic mass is 35.5. The van der Waals surface area contributed by atoms with Gasteiger partial charge in [0.05, 0.1) is 18.5 Å². The summed E-state index contributed by atoms with van der Waals surface area (Å²) < 4.78 is 7.85. The molecule has 1 N–H and O–H groups in total. The van der Waals surface area contributed by atoms with Crippen LogP contribution in [0.4, 0.5) is 4.79 Å². The number of nitrogens with one attached hydrogen (secondary N) is 1. The number of imide groups is 1. The lowest BCUT2D eigenvalue weighted by molar-refractivity contribution is 0.0833. The molecule has 0 saturated carbocycles. The van der Waals surface area contributed by atoms with E-state index in [0.717, 1.165) is 4.90 Å². The number of halogens is 1. The maximum atomic E-state index is 12.2. The van der Waals surface area contributed by atoms with E-state index in [1.54, 1.807) is 42.5 Å². The molecule has 0 fully saturated rings. The Bertz CT molecular complexity index is 679. The minimum Gasteiger partial charge on any atom is -0.328 e. The molecule has 0 aliphatic carbocycles. The largest absolute Gasteiger partial charge is 0.328 e. The fourth-order valence-corrected chi connectivity index (χ4v) is 1.86. The lowest BCUT2D eigenvalue weighted by Crippen LogP contribution is -2.40. The zero-order valence-electron chi connectivity index (χ0n) is 12.3. The summed E-state index contributed by atoms with van der Waals surface area (Å²) in [5.74, 6) is -0.538. The Morgan fingerprint density at radius 2 is 1.76 bits per heavy atom. The summed E-state index contributed by atoms with van der Waals surface area (Å²) in [5.41, 5.74) is 0.780. The van der Waals surface area contributed by atoms with Gasteiger partial charge in [-0.3, -0.25) is 9.69 Å². The summed E-state index contributed by atoms with van der Waals surface area (Å²) in [4.78, 5) is 25.2. The molecule has 2 aromatic rings. The molecule has 0 heterocycles. The van der Waals surface area contributed by atoms with E-state index in [4.69, 9.17) is 13.0 Å². The van der Waals surface area contributed by atoms with Crippen LogP contribution in [0.25, 0.3) is 0 Å². The van der Waals surface area contributed by atoms with E-state index in [2.05, 4.69) is 5.32 Å². The maximum Gasteiger partial charge on any atom is 0.324 e. The molecule has 3 amide bonds. The number of amides is 3. The van der Waals surface area contributed by atoms with Gasteiger partial charge in [-0.05, 0) is 17.7 Å². The monoisotopic (exact) mass is 302 g/mol. The number of benzene rings is 2. The molecular formula is C16H14ClN2O2. The summed E-state index contributed by atoms with van der Waals surface area (Å²) in [5, 5.41) is 2.64. The molecule has 1 radical (unpaired) electrons.